The molecule has 1 unspecified atom stereocenters. The fourth-order valence-electron chi connectivity index (χ4n) is 4.76. The van der Waals surface area contributed by atoms with Gasteiger partial charge in [0.15, 0.2) is 0 Å². The van der Waals surface area contributed by atoms with Crippen molar-refractivity contribution in [2.45, 2.75) is 57.0 Å². The summed E-state index contributed by atoms with van der Waals surface area (Å²) in [5.74, 6) is 0.159. The third-order valence-corrected chi connectivity index (χ3v) is 6.43. The van der Waals surface area contributed by atoms with Gasteiger partial charge in [-0.15, -0.1) is 24.8 Å². The fraction of sp³-hybridized carbons (Fsp3) is 0.682. The van der Waals surface area contributed by atoms with Crippen molar-refractivity contribution in [1.29, 1.82) is 0 Å². The van der Waals surface area contributed by atoms with Gasteiger partial charge in [0.1, 0.15) is 0 Å². The largest absolute Gasteiger partial charge is 0.384 e. The van der Waals surface area contributed by atoms with E-state index < -0.39 is 0 Å². The van der Waals surface area contributed by atoms with Crippen LogP contribution in [0, 0.1) is 5.41 Å². The van der Waals surface area contributed by atoms with Crippen molar-refractivity contribution in [1.82, 2.24) is 16.0 Å². The van der Waals surface area contributed by atoms with Gasteiger partial charge in [0.05, 0.1) is 12.0 Å². The van der Waals surface area contributed by atoms with Crippen LogP contribution in [0.25, 0.3) is 0 Å². The van der Waals surface area contributed by atoms with Gasteiger partial charge in [-0.2, -0.15) is 0 Å². The summed E-state index contributed by atoms with van der Waals surface area (Å²) in [6, 6.07) is 10.8. The Balaban J connectivity index is 0.00000210. The number of nitrogens with one attached hydrogen (secondary N) is 3. The van der Waals surface area contributed by atoms with Gasteiger partial charge in [0.25, 0.3) is 0 Å². The molecule has 1 aliphatic heterocycles. The highest BCUT2D eigenvalue weighted by Gasteiger charge is 2.42. The maximum absolute atomic E-state index is 13.1. The minimum atomic E-state index is -0.384. The zero-order chi connectivity index (χ0) is 19.2. The molecule has 1 heterocycles. The number of halogens is 2. The zero-order valence-corrected chi connectivity index (χ0v) is 19.3. The first-order valence-corrected chi connectivity index (χ1v) is 10.4. The Kier molecular flexibility index (Phi) is 10.9. The predicted octanol–water partition coefficient (Wildman–Crippen LogP) is 3.63. The maximum Gasteiger partial charge on any atom is 0.228 e. The molecule has 0 spiro atoms. The number of ether oxygens (including phenoxy) is 1. The van der Waals surface area contributed by atoms with Crippen LogP contribution in [-0.2, 0) is 9.53 Å². The smallest absolute Gasteiger partial charge is 0.228 e. The highest BCUT2D eigenvalue weighted by Crippen LogP contribution is 2.33. The number of carbonyl (C=O) groups excluding carboxylic acids is 1. The third kappa shape index (κ3) is 6.56. The lowest BCUT2D eigenvalue weighted by atomic mass is 9.78. The molecular formula is C22H37Cl2N3O2. The number of methoxy groups -OCH3 is 1. The molecule has 29 heavy (non-hydrogen) atoms. The molecule has 1 aliphatic carbocycles. The monoisotopic (exact) mass is 445 g/mol. The molecule has 1 aromatic rings. The first-order valence-electron chi connectivity index (χ1n) is 10.4. The number of hydrogen-bond acceptors (Lipinski definition) is 4. The lowest BCUT2D eigenvalue weighted by molar-refractivity contribution is -0.136. The van der Waals surface area contributed by atoms with Crippen molar-refractivity contribution in [3.8, 4) is 0 Å². The predicted molar refractivity (Wildman–Crippen MR) is 123 cm³/mol. The molecule has 166 valence electrons. The molecule has 2 fully saturated rings. The molecule has 1 aromatic carbocycles. The standard InChI is InChI=1S/C22H35N3O2.2ClH/c1-18(19-8-4-3-5-9-19)25-22(10-6-7-11-22)16-24-20(26)21(17-27-2)12-14-23-15-13-21;;/h3-5,8-9,18,23,25H,6-7,10-17H2,1-2H3,(H,24,26);2*1H. The molecular weight excluding hydrogens is 409 g/mol. The van der Waals surface area contributed by atoms with Gasteiger partial charge in [-0.1, -0.05) is 43.2 Å². The molecule has 3 rings (SSSR count). The van der Waals surface area contributed by atoms with Crippen LogP contribution >= 0.6 is 24.8 Å². The highest BCUT2D eigenvalue weighted by atomic mass is 35.5. The molecule has 3 N–H and O–H groups in total. The van der Waals surface area contributed by atoms with Crippen LogP contribution in [0.5, 0.6) is 0 Å². The Morgan fingerprint density at radius 2 is 1.72 bits per heavy atom. The summed E-state index contributed by atoms with van der Waals surface area (Å²) in [4.78, 5) is 13.1. The van der Waals surface area contributed by atoms with Gasteiger partial charge in [-0.25, -0.2) is 0 Å². The Labute approximate surface area is 187 Å². The number of benzene rings is 1. The van der Waals surface area contributed by atoms with E-state index in [1.54, 1.807) is 7.11 Å². The molecule has 0 bridgehead atoms. The molecule has 1 saturated carbocycles. The summed E-state index contributed by atoms with van der Waals surface area (Å²) < 4.78 is 5.42. The van der Waals surface area contributed by atoms with Crippen LogP contribution in [0.15, 0.2) is 30.3 Å². The van der Waals surface area contributed by atoms with Crippen molar-refractivity contribution in [3.63, 3.8) is 0 Å². The quantitative estimate of drug-likeness (QED) is 0.571. The van der Waals surface area contributed by atoms with E-state index in [1.807, 2.05) is 0 Å². The van der Waals surface area contributed by atoms with E-state index in [-0.39, 0.29) is 47.7 Å². The molecule has 7 heteroatoms. The van der Waals surface area contributed by atoms with Gasteiger partial charge in [0.2, 0.25) is 5.91 Å². The first-order chi connectivity index (χ1) is 13.1. The molecule has 1 amide bonds. The van der Waals surface area contributed by atoms with Crippen LogP contribution in [0.3, 0.4) is 0 Å². The van der Waals surface area contributed by atoms with Crippen molar-refractivity contribution >= 4 is 30.7 Å². The van der Waals surface area contributed by atoms with Crippen molar-refractivity contribution < 1.29 is 9.53 Å². The Hall–Kier alpha value is -0.850. The number of hydrogen-bond donors (Lipinski definition) is 3. The topological polar surface area (TPSA) is 62.4 Å². The van der Waals surface area contributed by atoms with Crippen LogP contribution in [-0.4, -0.2) is 44.8 Å². The van der Waals surface area contributed by atoms with Gasteiger partial charge in [-0.05, 0) is 51.3 Å². The summed E-state index contributed by atoms with van der Waals surface area (Å²) in [6.07, 6.45) is 6.35. The summed E-state index contributed by atoms with van der Waals surface area (Å²) in [7, 11) is 1.69. The van der Waals surface area contributed by atoms with E-state index in [0.29, 0.717) is 13.2 Å². The van der Waals surface area contributed by atoms with E-state index in [4.69, 9.17) is 4.74 Å². The number of carbonyl (C=O) groups is 1. The lowest BCUT2D eigenvalue weighted by Gasteiger charge is -2.38. The lowest BCUT2D eigenvalue weighted by Crippen LogP contribution is -2.56. The van der Waals surface area contributed by atoms with Gasteiger partial charge < -0.3 is 20.7 Å². The minimum absolute atomic E-state index is 0. The SMILES string of the molecule is COCC1(C(=O)NCC2(NC(C)c3ccccc3)CCCC2)CCNCC1.Cl.Cl. The van der Waals surface area contributed by atoms with E-state index in [9.17, 15) is 4.79 Å². The summed E-state index contributed by atoms with van der Waals surface area (Å²) in [5.41, 5.74) is 0.904. The van der Waals surface area contributed by atoms with Gasteiger partial charge in [-0.3, -0.25) is 4.79 Å². The average Bonchev–Trinajstić information content (AvgIpc) is 3.16. The fourth-order valence-corrected chi connectivity index (χ4v) is 4.76. The molecule has 1 atom stereocenters. The van der Waals surface area contributed by atoms with E-state index in [0.717, 1.165) is 38.8 Å². The van der Waals surface area contributed by atoms with Crippen LogP contribution in [0.4, 0.5) is 0 Å². The Morgan fingerprint density at radius 1 is 1.10 bits per heavy atom. The Bertz CT molecular complexity index is 598. The van der Waals surface area contributed by atoms with Gasteiger partial charge >= 0.3 is 0 Å². The second-order valence-electron chi connectivity index (χ2n) is 8.41. The summed E-state index contributed by atoms with van der Waals surface area (Å²) in [6.45, 7) is 5.18. The molecule has 1 saturated heterocycles. The second kappa shape index (κ2) is 12.1. The van der Waals surface area contributed by atoms with E-state index in [2.05, 4.69) is 53.2 Å². The second-order valence-corrected chi connectivity index (χ2v) is 8.41. The van der Waals surface area contributed by atoms with Crippen LogP contribution in [0.2, 0.25) is 0 Å². The maximum atomic E-state index is 13.1. The number of piperidine rings is 1. The van der Waals surface area contributed by atoms with Crippen molar-refractivity contribution in [2.75, 3.05) is 33.4 Å². The highest BCUT2D eigenvalue weighted by molar-refractivity contribution is 5.85. The van der Waals surface area contributed by atoms with Crippen LogP contribution in [0.1, 0.15) is 57.1 Å². The zero-order valence-electron chi connectivity index (χ0n) is 17.7. The number of rotatable bonds is 8. The normalized spacial score (nSPS) is 20.8. The molecule has 0 radical (unpaired) electrons. The molecule has 5 nitrogen and oxygen atoms in total. The Morgan fingerprint density at radius 3 is 2.31 bits per heavy atom. The van der Waals surface area contributed by atoms with E-state index >= 15 is 0 Å². The molecule has 2 aliphatic rings. The minimum Gasteiger partial charge on any atom is -0.384 e. The van der Waals surface area contributed by atoms with Crippen molar-refractivity contribution in [3.05, 3.63) is 35.9 Å². The summed E-state index contributed by atoms with van der Waals surface area (Å²) in [5, 5.41) is 10.5. The van der Waals surface area contributed by atoms with Crippen molar-refractivity contribution in [2.24, 2.45) is 5.41 Å². The summed E-state index contributed by atoms with van der Waals surface area (Å²) >= 11 is 0. The van der Waals surface area contributed by atoms with E-state index in [1.165, 1.54) is 18.4 Å². The third-order valence-electron chi connectivity index (χ3n) is 6.43. The number of amides is 1. The first kappa shape index (κ1) is 26.2. The van der Waals surface area contributed by atoms with Gasteiger partial charge in [0, 0.05) is 25.2 Å². The average molecular weight is 446 g/mol. The molecule has 0 aromatic heterocycles. The van der Waals surface area contributed by atoms with Crippen LogP contribution < -0.4 is 16.0 Å².